The van der Waals surface area contributed by atoms with Crippen molar-refractivity contribution in [1.29, 1.82) is 0 Å². The largest absolute Gasteiger partial charge is 0.490 e. The molecule has 0 bridgehead atoms. The minimum Gasteiger partial charge on any atom is -0.490 e. The summed E-state index contributed by atoms with van der Waals surface area (Å²) in [6, 6.07) is 13.2. The highest BCUT2D eigenvalue weighted by Gasteiger charge is 2.12. The van der Waals surface area contributed by atoms with Crippen LogP contribution in [0.25, 0.3) is 0 Å². The Balaban J connectivity index is 1.81. The number of nitrogens with one attached hydrogen (secondary N) is 1. The first-order valence-corrected chi connectivity index (χ1v) is 7.37. The molecule has 1 atom stereocenters. The Morgan fingerprint density at radius 2 is 1.91 bits per heavy atom. The van der Waals surface area contributed by atoms with Crippen molar-refractivity contribution in [2.75, 3.05) is 6.61 Å². The van der Waals surface area contributed by atoms with Crippen LogP contribution in [0.4, 0.5) is 4.39 Å². The number of carbonyl (C=O) groups is 1. The van der Waals surface area contributed by atoms with E-state index in [2.05, 4.69) is 5.32 Å². The SMILES string of the molecule is CC(NC(=O)CCOc1ccccc1F)c1ccccc1Cl. The maximum atomic E-state index is 13.3. The van der Waals surface area contributed by atoms with Crippen LogP contribution >= 0.6 is 11.6 Å². The molecule has 0 aliphatic carbocycles. The summed E-state index contributed by atoms with van der Waals surface area (Å²) in [6.45, 7) is 1.97. The predicted octanol–water partition coefficient (Wildman–Crippen LogP) is 4.13. The molecular weight excluding hydrogens is 305 g/mol. The van der Waals surface area contributed by atoms with Gasteiger partial charge in [0.1, 0.15) is 0 Å². The second kappa shape index (κ2) is 7.80. The average Bonchev–Trinajstić information content (AvgIpc) is 2.49. The van der Waals surface area contributed by atoms with Gasteiger partial charge in [0, 0.05) is 5.02 Å². The summed E-state index contributed by atoms with van der Waals surface area (Å²) in [4.78, 5) is 11.9. The topological polar surface area (TPSA) is 38.3 Å². The van der Waals surface area contributed by atoms with Gasteiger partial charge in [-0.2, -0.15) is 0 Å². The zero-order valence-electron chi connectivity index (χ0n) is 12.2. The molecule has 0 saturated heterocycles. The first-order valence-electron chi connectivity index (χ1n) is 6.99. The molecule has 1 unspecified atom stereocenters. The van der Waals surface area contributed by atoms with E-state index in [0.29, 0.717) is 5.02 Å². The van der Waals surface area contributed by atoms with Crippen molar-refractivity contribution in [2.45, 2.75) is 19.4 Å². The summed E-state index contributed by atoms with van der Waals surface area (Å²) < 4.78 is 18.6. The standard InChI is InChI=1S/C17H17ClFNO2/c1-12(13-6-2-3-7-14(13)18)20-17(21)10-11-22-16-9-5-4-8-15(16)19/h2-9,12H,10-11H2,1H3,(H,20,21). The highest BCUT2D eigenvalue weighted by molar-refractivity contribution is 6.31. The minimum atomic E-state index is -0.438. The second-order valence-electron chi connectivity index (χ2n) is 4.84. The number of rotatable bonds is 6. The molecular formula is C17H17ClFNO2. The highest BCUT2D eigenvalue weighted by Crippen LogP contribution is 2.22. The molecule has 0 aromatic heterocycles. The van der Waals surface area contributed by atoms with Gasteiger partial charge in [-0.05, 0) is 30.7 Å². The van der Waals surface area contributed by atoms with E-state index in [1.807, 2.05) is 25.1 Å². The first-order chi connectivity index (χ1) is 10.6. The van der Waals surface area contributed by atoms with Crippen LogP contribution in [0, 0.1) is 5.82 Å². The van der Waals surface area contributed by atoms with Gasteiger partial charge in [-0.25, -0.2) is 4.39 Å². The van der Waals surface area contributed by atoms with Gasteiger partial charge in [-0.3, -0.25) is 4.79 Å². The van der Waals surface area contributed by atoms with E-state index in [9.17, 15) is 9.18 Å². The van der Waals surface area contributed by atoms with E-state index in [1.165, 1.54) is 12.1 Å². The Kier molecular flexibility index (Phi) is 5.78. The molecule has 2 aromatic carbocycles. The fourth-order valence-corrected chi connectivity index (χ4v) is 2.33. The van der Waals surface area contributed by atoms with Crippen molar-refractivity contribution in [1.82, 2.24) is 5.32 Å². The zero-order valence-corrected chi connectivity index (χ0v) is 12.9. The Morgan fingerprint density at radius 1 is 1.23 bits per heavy atom. The van der Waals surface area contributed by atoms with Crippen molar-refractivity contribution in [2.24, 2.45) is 0 Å². The second-order valence-corrected chi connectivity index (χ2v) is 5.25. The number of ether oxygens (including phenoxy) is 1. The van der Waals surface area contributed by atoms with Crippen molar-refractivity contribution in [3.8, 4) is 5.75 Å². The molecule has 1 amide bonds. The van der Waals surface area contributed by atoms with Gasteiger partial charge >= 0.3 is 0 Å². The number of halogens is 2. The van der Waals surface area contributed by atoms with Crippen LogP contribution in [0.5, 0.6) is 5.75 Å². The van der Waals surface area contributed by atoms with Gasteiger partial charge in [-0.15, -0.1) is 0 Å². The molecule has 2 aromatic rings. The maximum Gasteiger partial charge on any atom is 0.223 e. The number of carbonyl (C=O) groups excluding carboxylic acids is 1. The van der Waals surface area contributed by atoms with Crippen LogP contribution in [-0.4, -0.2) is 12.5 Å². The molecule has 1 N–H and O–H groups in total. The molecule has 2 rings (SSSR count). The Hall–Kier alpha value is -2.07. The molecule has 0 heterocycles. The third-order valence-electron chi connectivity index (χ3n) is 3.17. The lowest BCUT2D eigenvalue weighted by molar-refractivity contribution is -0.122. The average molecular weight is 322 g/mol. The highest BCUT2D eigenvalue weighted by atomic mass is 35.5. The number of benzene rings is 2. The van der Waals surface area contributed by atoms with Crippen LogP contribution in [0.1, 0.15) is 24.9 Å². The van der Waals surface area contributed by atoms with Gasteiger partial charge < -0.3 is 10.1 Å². The van der Waals surface area contributed by atoms with E-state index in [4.69, 9.17) is 16.3 Å². The quantitative estimate of drug-likeness (QED) is 0.869. The third-order valence-corrected chi connectivity index (χ3v) is 3.52. The lowest BCUT2D eigenvalue weighted by Crippen LogP contribution is -2.28. The summed E-state index contributed by atoms with van der Waals surface area (Å²) >= 11 is 6.09. The van der Waals surface area contributed by atoms with Gasteiger partial charge in [0.15, 0.2) is 11.6 Å². The van der Waals surface area contributed by atoms with Crippen molar-refractivity contribution >= 4 is 17.5 Å². The molecule has 22 heavy (non-hydrogen) atoms. The van der Waals surface area contributed by atoms with E-state index >= 15 is 0 Å². The lowest BCUT2D eigenvalue weighted by atomic mass is 10.1. The van der Waals surface area contributed by atoms with E-state index in [0.717, 1.165) is 5.56 Å². The van der Waals surface area contributed by atoms with E-state index in [-0.39, 0.29) is 30.7 Å². The van der Waals surface area contributed by atoms with Crippen molar-refractivity contribution < 1.29 is 13.9 Å². The normalized spacial score (nSPS) is 11.8. The molecule has 116 valence electrons. The maximum absolute atomic E-state index is 13.3. The summed E-state index contributed by atoms with van der Waals surface area (Å²) in [5.74, 6) is -0.467. The smallest absolute Gasteiger partial charge is 0.223 e. The summed E-state index contributed by atoms with van der Waals surface area (Å²) in [5, 5.41) is 3.45. The van der Waals surface area contributed by atoms with Crippen LogP contribution < -0.4 is 10.1 Å². The molecule has 0 fully saturated rings. The monoisotopic (exact) mass is 321 g/mol. The van der Waals surface area contributed by atoms with Crippen molar-refractivity contribution in [3.05, 3.63) is 64.9 Å². The van der Waals surface area contributed by atoms with Gasteiger partial charge in [0.2, 0.25) is 5.91 Å². The van der Waals surface area contributed by atoms with Crippen LogP contribution in [0.15, 0.2) is 48.5 Å². The molecule has 0 radical (unpaired) electrons. The molecule has 3 nitrogen and oxygen atoms in total. The van der Waals surface area contributed by atoms with E-state index < -0.39 is 5.82 Å². The fraction of sp³-hybridized carbons (Fsp3) is 0.235. The Labute approximate surface area is 134 Å². The summed E-state index contributed by atoms with van der Waals surface area (Å²) in [6.07, 6.45) is 0.142. The van der Waals surface area contributed by atoms with E-state index in [1.54, 1.807) is 18.2 Å². The lowest BCUT2D eigenvalue weighted by Gasteiger charge is -2.16. The third kappa shape index (κ3) is 4.46. The number of para-hydroxylation sites is 1. The minimum absolute atomic E-state index is 0.113. The predicted molar refractivity (Wildman–Crippen MR) is 84.5 cm³/mol. The molecule has 0 saturated carbocycles. The van der Waals surface area contributed by atoms with Gasteiger partial charge in [0.05, 0.1) is 19.1 Å². The van der Waals surface area contributed by atoms with Crippen LogP contribution in [-0.2, 0) is 4.79 Å². The zero-order chi connectivity index (χ0) is 15.9. The Bertz CT molecular complexity index is 648. The van der Waals surface area contributed by atoms with Gasteiger partial charge in [0.25, 0.3) is 0 Å². The van der Waals surface area contributed by atoms with Crippen molar-refractivity contribution in [3.63, 3.8) is 0 Å². The molecule has 0 aliphatic rings. The number of hydrogen-bond donors (Lipinski definition) is 1. The summed E-state index contributed by atoms with van der Waals surface area (Å²) in [5.41, 5.74) is 0.854. The number of amides is 1. The first kappa shape index (κ1) is 16.3. The van der Waals surface area contributed by atoms with Gasteiger partial charge in [-0.1, -0.05) is 41.9 Å². The molecule has 0 aliphatic heterocycles. The summed E-state index contributed by atoms with van der Waals surface area (Å²) in [7, 11) is 0. The molecule has 0 spiro atoms. The van der Waals surface area contributed by atoms with Crippen LogP contribution in [0.2, 0.25) is 5.02 Å². The van der Waals surface area contributed by atoms with Crippen LogP contribution in [0.3, 0.4) is 0 Å². The fourth-order valence-electron chi connectivity index (χ4n) is 2.03. The molecule has 5 heteroatoms. The number of hydrogen-bond acceptors (Lipinski definition) is 2. The Morgan fingerprint density at radius 3 is 2.64 bits per heavy atom.